The first-order valence-corrected chi connectivity index (χ1v) is 8.01. The molecule has 6 nitrogen and oxygen atoms in total. The Morgan fingerprint density at radius 1 is 1.55 bits per heavy atom. The maximum absolute atomic E-state index is 12.3. The lowest BCUT2D eigenvalue weighted by Crippen LogP contribution is -2.51. The summed E-state index contributed by atoms with van der Waals surface area (Å²) in [7, 11) is 0. The lowest BCUT2D eigenvalue weighted by molar-refractivity contribution is 0.0974. The summed E-state index contributed by atoms with van der Waals surface area (Å²) in [6.07, 6.45) is 2.96. The van der Waals surface area contributed by atoms with Crippen LogP contribution in [0, 0.1) is 5.41 Å². The molecule has 0 amide bonds. The van der Waals surface area contributed by atoms with Gasteiger partial charge in [-0.2, -0.15) is 0 Å². The first-order chi connectivity index (χ1) is 10.8. The number of aromatic nitrogens is 2. The molecule has 2 fully saturated rings. The number of rotatable bonds is 2. The van der Waals surface area contributed by atoms with Crippen molar-refractivity contribution < 1.29 is 6.11 Å². The van der Waals surface area contributed by atoms with Gasteiger partial charge in [0.2, 0.25) is 0 Å². The monoisotopic (exact) mass is 307 g/mol. The maximum Gasteiger partial charge on any atom is 0.291 e. The fourth-order valence-corrected chi connectivity index (χ4v) is 3.40. The van der Waals surface area contributed by atoms with E-state index >= 15 is 0 Å². The van der Waals surface area contributed by atoms with Crippen molar-refractivity contribution in [2.75, 3.05) is 24.6 Å². The Labute approximate surface area is 132 Å². The van der Waals surface area contributed by atoms with Crippen LogP contribution in [-0.2, 0) is 4.74 Å². The molecule has 0 saturated carbocycles. The molecular formula is C16H26N4O2. The Bertz CT molecular complexity index is 635. The van der Waals surface area contributed by atoms with Crippen molar-refractivity contribution >= 4 is 5.82 Å². The van der Waals surface area contributed by atoms with E-state index in [1.54, 1.807) is 6.20 Å². The minimum Gasteiger partial charge on any atom is -0.376 e. The summed E-state index contributed by atoms with van der Waals surface area (Å²) in [4.78, 5) is 21.6. The van der Waals surface area contributed by atoms with Crippen molar-refractivity contribution in [1.29, 1.82) is 0 Å². The van der Waals surface area contributed by atoms with Crippen molar-refractivity contribution in [1.82, 2.24) is 9.97 Å². The molecule has 0 radical (unpaired) electrons. The maximum atomic E-state index is 12.3. The number of nitrogens with two attached hydrogens (primary N) is 1. The summed E-state index contributed by atoms with van der Waals surface area (Å²) in [5, 5.41) is 0. The molecule has 3 heterocycles. The van der Waals surface area contributed by atoms with Crippen LogP contribution >= 0.6 is 0 Å². The fraction of sp³-hybridized carbons (Fsp3) is 0.750. The molecule has 0 unspecified atom stereocenters. The summed E-state index contributed by atoms with van der Waals surface area (Å²) in [5.41, 5.74) is 6.61. The van der Waals surface area contributed by atoms with Gasteiger partial charge in [0, 0.05) is 37.8 Å². The number of anilines is 1. The Hall–Kier alpha value is -1.40. The Balaban J connectivity index is 1.76. The normalized spacial score (nSPS) is 31.8. The van der Waals surface area contributed by atoms with Crippen molar-refractivity contribution in [3.63, 3.8) is 0 Å². The number of ether oxygens (including phenoxy) is 1. The Kier molecular flexibility index (Phi) is 3.66. The summed E-state index contributed by atoms with van der Waals surface area (Å²) in [6, 6.07) is -1.07. The van der Waals surface area contributed by atoms with E-state index in [0.29, 0.717) is 25.5 Å². The van der Waals surface area contributed by atoms with Gasteiger partial charge in [-0.25, -0.2) is 4.98 Å². The number of H-pyrrole nitrogens is 1. The number of nitrogens with one attached hydrogen (secondary N) is 1. The molecule has 3 rings (SSSR count). The number of hydrogen-bond donors (Lipinski definition) is 2. The smallest absolute Gasteiger partial charge is 0.291 e. The molecule has 1 aromatic heterocycles. The van der Waals surface area contributed by atoms with Crippen LogP contribution in [0.25, 0.3) is 0 Å². The van der Waals surface area contributed by atoms with Gasteiger partial charge in [-0.3, -0.25) is 4.79 Å². The van der Waals surface area contributed by atoms with Gasteiger partial charge in [0.05, 0.1) is 12.7 Å². The van der Waals surface area contributed by atoms with Crippen molar-refractivity contribution in [3.05, 3.63) is 22.2 Å². The van der Waals surface area contributed by atoms with Crippen molar-refractivity contribution in [2.24, 2.45) is 11.1 Å². The van der Waals surface area contributed by atoms with E-state index in [1.165, 1.54) is 0 Å². The zero-order chi connectivity index (χ0) is 16.8. The van der Waals surface area contributed by atoms with Crippen LogP contribution < -0.4 is 16.2 Å². The summed E-state index contributed by atoms with van der Waals surface area (Å²) < 4.78 is 14.1. The van der Waals surface area contributed by atoms with Crippen LogP contribution in [-0.4, -0.2) is 41.8 Å². The zero-order valence-corrected chi connectivity index (χ0v) is 13.6. The third kappa shape index (κ3) is 2.54. The SMILES string of the molecule is [2H][C@@]1(N)[C@H](C)OCC12CCN(c1ncc(C(C)C)[nH]c1=O)CC2. The standard InChI is InChI=1S/C16H26N4O2/c1-10(2)12-8-18-14(15(21)19-12)20-6-4-16(5-7-20)9-22-11(3)13(16)17/h8,10-11,13H,4-7,9,17H2,1-3H3,(H,19,21)/t11-,13+/m0/s1/i13D. The Morgan fingerprint density at radius 3 is 2.73 bits per heavy atom. The average Bonchev–Trinajstić information content (AvgIpc) is 2.72. The first kappa shape index (κ1) is 14.2. The van der Waals surface area contributed by atoms with E-state index in [9.17, 15) is 4.79 Å². The zero-order valence-electron chi connectivity index (χ0n) is 14.6. The highest BCUT2D eigenvalue weighted by Gasteiger charge is 2.47. The lowest BCUT2D eigenvalue weighted by atomic mass is 9.73. The summed E-state index contributed by atoms with van der Waals surface area (Å²) in [6.45, 7) is 7.78. The van der Waals surface area contributed by atoms with Crippen LogP contribution in [0.3, 0.4) is 0 Å². The quantitative estimate of drug-likeness (QED) is 0.858. The second-order valence-electron chi connectivity index (χ2n) is 6.82. The highest BCUT2D eigenvalue weighted by atomic mass is 16.5. The highest BCUT2D eigenvalue weighted by Crippen LogP contribution is 2.41. The number of hydrogen-bond acceptors (Lipinski definition) is 5. The van der Waals surface area contributed by atoms with E-state index in [2.05, 4.69) is 9.97 Å². The van der Waals surface area contributed by atoms with Crippen LogP contribution in [0.1, 0.15) is 46.6 Å². The van der Waals surface area contributed by atoms with Crippen LogP contribution in [0.5, 0.6) is 0 Å². The second kappa shape index (κ2) is 5.66. The van der Waals surface area contributed by atoms with Gasteiger partial charge in [-0.15, -0.1) is 0 Å². The van der Waals surface area contributed by atoms with Gasteiger partial charge in [-0.1, -0.05) is 13.8 Å². The fourth-order valence-electron chi connectivity index (χ4n) is 3.40. The van der Waals surface area contributed by atoms with E-state index in [0.717, 1.165) is 18.5 Å². The molecule has 0 aliphatic carbocycles. The van der Waals surface area contributed by atoms with E-state index in [-0.39, 0.29) is 23.0 Å². The van der Waals surface area contributed by atoms with E-state index < -0.39 is 6.02 Å². The van der Waals surface area contributed by atoms with Crippen molar-refractivity contribution in [2.45, 2.75) is 51.7 Å². The molecule has 22 heavy (non-hydrogen) atoms. The molecule has 0 bridgehead atoms. The predicted octanol–water partition coefficient (Wildman–Crippen LogP) is 1.23. The number of aromatic amines is 1. The van der Waals surface area contributed by atoms with Gasteiger partial charge < -0.3 is 20.4 Å². The molecule has 1 aromatic rings. The largest absolute Gasteiger partial charge is 0.376 e. The molecule has 2 atom stereocenters. The average molecular weight is 307 g/mol. The molecule has 3 N–H and O–H groups in total. The molecule has 6 heteroatoms. The molecule has 2 aliphatic heterocycles. The van der Waals surface area contributed by atoms with Gasteiger partial charge in [0.15, 0.2) is 5.82 Å². The summed E-state index contributed by atoms with van der Waals surface area (Å²) >= 11 is 0. The lowest BCUT2D eigenvalue weighted by Gasteiger charge is -2.41. The second-order valence-corrected chi connectivity index (χ2v) is 6.82. The van der Waals surface area contributed by atoms with E-state index in [4.69, 9.17) is 11.8 Å². The van der Waals surface area contributed by atoms with Crippen LogP contribution in [0.2, 0.25) is 0 Å². The topological polar surface area (TPSA) is 84.2 Å². The summed E-state index contributed by atoms with van der Waals surface area (Å²) in [5.74, 6) is 0.705. The van der Waals surface area contributed by atoms with Crippen LogP contribution in [0.15, 0.2) is 11.0 Å². The minimum absolute atomic E-state index is 0.145. The first-order valence-electron chi connectivity index (χ1n) is 8.51. The van der Waals surface area contributed by atoms with E-state index in [1.807, 2.05) is 25.7 Å². The predicted molar refractivity (Wildman–Crippen MR) is 86.2 cm³/mol. The molecule has 1 spiro atoms. The molecule has 0 aromatic carbocycles. The molecule has 2 saturated heterocycles. The van der Waals surface area contributed by atoms with Crippen molar-refractivity contribution in [3.8, 4) is 0 Å². The molecule has 122 valence electrons. The number of piperidine rings is 1. The third-order valence-electron chi connectivity index (χ3n) is 5.09. The molecule has 2 aliphatic rings. The minimum atomic E-state index is -1.07. The van der Waals surface area contributed by atoms with Gasteiger partial charge in [0.25, 0.3) is 5.56 Å². The number of nitrogens with zero attached hydrogens (tertiary/aromatic N) is 2. The van der Waals surface area contributed by atoms with Gasteiger partial charge in [-0.05, 0) is 25.7 Å². The van der Waals surface area contributed by atoms with Gasteiger partial charge in [0.1, 0.15) is 0 Å². The highest BCUT2D eigenvalue weighted by molar-refractivity contribution is 5.37. The third-order valence-corrected chi connectivity index (χ3v) is 5.09. The Morgan fingerprint density at radius 2 is 2.23 bits per heavy atom. The van der Waals surface area contributed by atoms with Crippen LogP contribution in [0.4, 0.5) is 5.82 Å². The molecular weight excluding hydrogens is 280 g/mol. The van der Waals surface area contributed by atoms with Gasteiger partial charge >= 0.3 is 0 Å².